The second-order valence-electron chi connectivity index (χ2n) is 3.92. The van der Waals surface area contributed by atoms with Gasteiger partial charge < -0.3 is 4.42 Å². The molecule has 3 rings (SSSR count). The summed E-state index contributed by atoms with van der Waals surface area (Å²) in [6, 6.07) is 5.71. The van der Waals surface area contributed by atoms with Crippen LogP contribution in [-0.4, -0.2) is 4.40 Å². The Morgan fingerprint density at radius 3 is 3.00 bits per heavy atom. The molecule has 0 atom stereocenters. The molecule has 0 N–H and O–H groups in total. The molecule has 16 heavy (non-hydrogen) atoms. The van der Waals surface area contributed by atoms with Crippen LogP contribution in [0.1, 0.15) is 5.56 Å². The highest BCUT2D eigenvalue weighted by molar-refractivity contribution is 5.91. The van der Waals surface area contributed by atoms with Crippen LogP contribution in [0.15, 0.2) is 39.8 Å². The Morgan fingerprint density at radius 1 is 1.38 bits per heavy atom. The summed E-state index contributed by atoms with van der Waals surface area (Å²) >= 11 is 0. The highest BCUT2D eigenvalue weighted by atomic mass is 16.4. The molecule has 2 aromatic heterocycles. The quantitative estimate of drug-likeness (QED) is 0.528. The Hall–Kier alpha value is -2.10. The van der Waals surface area contributed by atoms with E-state index < -0.39 is 0 Å². The Morgan fingerprint density at radius 2 is 2.19 bits per heavy atom. The van der Waals surface area contributed by atoms with E-state index in [0.717, 1.165) is 16.6 Å². The molecule has 3 aromatic rings. The van der Waals surface area contributed by atoms with Gasteiger partial charge in [0.1, 0.15) is 17.8 Å². The summed E-state index contributed by atoms with van der Waals surface area (Å²) < 4.78 is 8.71. The summed E-state index contributed by atoms with van der Waals surface area (Å²) in [7, 11) is 1.92. The molecule has 0 aliphatic carbocycles. The highest BCUT2D eigenvalue weighted by Crippen LogP contribution is 2.19. The molecular formula is C12H11N2O2+. The van der Waals surface area contributed by atoms with E-state index in [1.54, 1.807) is 6.20 Å². The number of imidazole rings is 1. The van der Waals surface area contributed by atoms with E-state index in [1.165, 1.54) is 4.40 Å². The summed E-state index contributed by atoms with van der Waals surface area (Å²) in [4.78, 5) is 11.7. The first-order chi connectivity index (χ1) is 7.68. The molecule has 2 heterocycles. The second-order valence-corrected chi connectivity index (χ2v) is 3.92. The minimum absolute atomic E-state index is 0.353. The first-order valence-corrected chi connectivity index (χ1v) is 5.07. The minimum Gasteiger partial charge on any atom is -0.391 e. The zero-order chi connectivity index (χ0) is 11.3. The lowest BCUT2D eigenvalue weighted by molar-refractivity contribution is -0.643. The number of aryl methyl sites for hydroxylation is 2. The van der Waals surface area contributed by atoms with Gasteiger partial charge in [-0.2, -0.15) is 4.79 Å². The van der Waals surface area contributed by atoms with Crippen LogP contribution in [-0.2, 0) is 7.05 Å². The van der Waals surface area contributed by atoms with Crippen LogP contribution >= 0.6 is 0 Å². The Kier molecular flexibility index (Phi) is 1.68. The van der Waals surface area contributed by atoms with E-state index in [0.29, 0.717) is 5.58 Å². The number of hydrogen-bond donors (Lipinski definition) is 0. The van der Waals surface area contributed by atoms with E-state index in [9.17, 15) is 4.79 Å². The second kappa shape index (κ2) is 2.95. The van der Waals surface area contributed by atoms with Gasteiger partial charge in [-0.3, -0.25) is 0 Å². The zero-order valence-corrected chi connectivity index (χ0v) is 9.10. The van der Waals surface area contributed by atoms with E-state index in [2.05, 4.69) is 0 Å². The maximum atomic E-state index is 11.7. The third-order valence-electron chi connectivity index (χ3n) is 2.85. The summed E-state index contributed by atoms with van der Waals surface area (Å²) in [6.07, 6.45) is 3.56. The van der Waals surface area contributed by atoms with Gasteiger partial charge in [0.05, 0.1) is 7.05 Å². The maximum Gasteiger partial charge on any atom is 0.517 e. The van der Waals surface area contributed by atoms with Gasteiger partial charge >= 0.3 is 11.4 Å². The standard InChI is InChI=1S/C12H11N2O2/c1-8-4-3-5-9-10(8)11-13(2)6-7-14(11)12(15)16-9/h3-7H,1-2H3/q+1. The summed E-state index contributed by atoms with van der Waals surface area (Å²) in [6.45, 7) is 2.01. The van der Waals surface area contributed by atoms with E-state index in [4.69, 9.17) is 4.42 Å². The number of aromatic nitrogens is 2. The topological polar surface area (TPSA) is 38.5 Å². The van der Waals surface area contributed by atoms with Crippen molar-refractivity contribution in [2.45, 2.75) is 6.92 Å². The Balaban J connectivity index is 2.76. The van der Waals surface area contributed by atoms with Crippen LogP contribution in [0.3, 0.4) is 0 Å². The van der Waals surface area contributed by atoms with Gasteiger partial charge in [-0.25, -0.2) is 4.57 Å². The van der Waals surface area contributed by atoms with Gasteiger partial charge in [-0.05, 0) is 18.6 Å². The fourth-order valence-corrected chi connectivity index (χ4v) is 2.08. The molecule has 0 amide bonds. The third kappa shape index (κ3) is 1.04. The average Bonchev–Trinajstić information content (AvgIpc) is 2.62. The zero-order valence-electron chi connectivity index (χ0n) is 9.10. The number of rotatable bonds is 0. The summed E-state index contributed by atoms with van der Waals surface area (Å²) in [5.74, 6) is -0.353. The fraction of sp³-hybridized carbons (Fsp3) is 0.167. The van der Waals surface area contributed by atoms with Gasteiger partial charge in [0, 0.05) is 0 Å². The van der Waals surface area contributed by atoms with E-state index >= 15 is 0 Å². The van der Waals surface area contributed by atoms with Gasteiger partial charge in [0.2, 0.25) is 0 Å². The van der Waals surface area contributed by atoms with Crippen LogP contribution in [0.2, 0.25) is 0 Å². The van der Waals surface area contributed by atoms with Crippen molar-refractivity contribution in [3.63, 3.8) is 0 Å². The van der Waals surface area contributed by atoms with Crippen molar-refractivity contribution in [2.75, 3.05) is 0 Å². The molecule has 4 nitrogen and oxygen atoms in total. The van der Waals surface area contributed by atoms with Crippen molar-refractivity contribution in [2.24, 2.45) is 7.05 Å². The van der Waals surface area contributed by atoms with Gasteiger partial charge in [0.15, 0.2) is 5.58 Å². The minimum atomic E-state index is -0.353. The number of fused-ring (bicyclic) bond motifs is 3. The molecule has 0 bridgehead atoms. The predicted octanol–water partition coefficient (Wildman–Crippen LogP) is 1.18. The Labute approximate surface area is 91.4 Å². The lowest BCUT2D eigenvalue weighted by Gasteiger charge is -1.99. The van der Waals surface area contributed by atoms with Gasteiger partial charge in [0.25, 0.3) is 0 Å². The van der Waals surface area contributed by atoms with Crippen LogP contribution in [0.4, 0.5) is 0 Å². The summed E-state index contributed by atoms with van der Waals surface area (Å²) in [5, 5.41) is 0.981. The first-order valence-electron chi connectivity index (χ1n) is 5.07. The molecule has 0 aliphatic rings. The lowest BCUT2D eigenvalue weighted by Crippen LogP contribution is -2.28. The molecule has 80 valence electrons. The van der Waals surface area contributed by atoms with Crippen molar-refractivity contribution >= 4 is 16.6 Å². The van der Waals surface area contributed by atoms with E-state index in [1.807, 2.05) is 42.9 Å². The molecule has 0 fully saturated rings. The van der Waals surface area contributed by atoms with Crippen LogP contribution in [0.5, 0.6) is 0 Å². The first kappa shape index (κ1) is 9.15. The number of nitrogens with zero attached hydrogens (tertiary/aromatic N) is 2. The highest BCUT2D eigenvalue weighted by Gasteiger charge is 2.17. The molecule has 0 radical (unpaired) electrons. The molecule has 4 heteroatoms. The molecular weight excluding hydrogens is 204 g/mol. The molecule has 0 saturated heterocycles. The van der Waals surface area contributed by atoms with Crippen molar-refractivity contribution < 1.29 is 8.98 Å². The largest absolute Gasteiger partial charge is 0.517 e. The summed E-state index contributed by atoms with van der Waals surface area (Å²) in [5.41, 5.74) is 2.59. The average molecular weight is 215 g/mol. The molecule has 1 aromatic carbocycles. The van der Waals surface area contributed by atoms with Gasteiger partial charge in [-0.15, -0.1) is 4.40 Å². The lowest BCUT2D eigenvalue weighted by atomic mass is 10.1. The molecule has 0 saturated carbocycles. The Bertz CT molecular complexity index is 753. The van der Waals surface area contributed by atoms with Crippen LogP contribution < -0.4 is 10.3 Å². The van der Waals surface area contributed by atoms with Crippen molar-refractivity contribution in [1.29, 1.82) is 0 Å². The van der Waals surface area contributed by atoms with Crippen molar-refractivity contribution in [3.05, 3.63) is 46.7 Å². The normalized spacial score (nSPS) is 11.4. The maximum absolute atomic E-state index is 11.7. The molecule has 0 unspecified atom stereocenters. The molecule has 0 spiro atoms. The van der Waals surface area contributed by atoms with Crippen LogP contribution in [0, 0.1) is 6.92 Å². The third-order valence-corrected chi connectivity index (χ3v) is 2.85. The smallest absolute Gasteiger partial charge is 0.391 e. The monoisotopic (exact) mass is 215 g/mol. The fourth-order valence-electron chi connectivity index (χ4n) is 2.08. The van der Waals surface area contributed by atoms with Gasteiger partial charge in [-0.1, -0.05) is 12.1 Å². The number of hydrogen-bond acceptors (Lipinski definition) is 2. The molecule has 0 aliphatic heterocycles. The predicted molar refractivity (Wildman–Crippen MR) is 59.4 cm³/mol. The van der Waals surface area contributed by atoms with Crippen molar-refractivity contribution in [1.82, 2.24) is 4.40 Å². The SMILES string of the molecule is Cc1cccc2oc(=O)n3cc[n+](C)c3c12. The number of benzene rings is 1. The van der Waals surface area contributed by atoms with E-state index in [-0.39, 0.29) is 5.76 Å². The van der Waals surface area contributed by atoms with Crippen LogP contribution in [0.25, 0.3) is 16.6 Å². The van der Waals surface area contributed by atoms with Crippen molar-refractivity contribution in [3.8, 4) is 0 Å².